The quantitative estimate of drug-likeness (QED) is 0.829. The Hall–Kier alpha value is -3.15. The van der Waals surface area contributed by atoms with E-state index in [1.54, 1.807) is 0 Å². The Bertz CT molecular complexity index is 885. The van der Waals surface area contributed by atoms with Gasteiger partial charge in [0.2, 0.25) is 5.96 Å². The third-order valence-electron chi connectivity index (χ3n) is 5.28. The van der Waals surface area contributed by atoms with Crippen LogP contribution in [-0.2, 0) is 4.79 Å². The van der Waals surface area contributed by atoms with Crippen LogP contribution in [0.25, 0.3) is 0 Å². The zero-order chi connectivity index (χ0) is 19.5. The predicted molar refractivity (Wildman–Crippen MR) is 110 cm³/mol. The summed E-state index contributed by atoms with van der Waals surface area (Å²) >= 11 is 0. The molecule has 4 rings (SSSR count). The first-order valence-corrected chi connectivity index (χ1v) is 9.64. The number of ketones is 1. The molecule has 2 heterocycles. The summed E-state index contributed by atoms with van der Waals surface area (Å²) in [6, 6.07) is 17.2. The lowest BCUT2D eigenvalue weighted by Gasteiger charge is -2.37. The second kappa shape index (κ2) is 7.84. The van der Waals surface area contributed by atoms with Gasteiger partial charge in [0.05, 0.1) is 0 Å². The molecule has 6 heteroatoms. The highest BCUT2D eigenvalue weighted by Gasteiger charge is 2.32. The molecule has 28 heavy (non-hydrogen) atoms. The lowest BCUT2D eigenvalue weighted by atomic mass is 10.0. The molecule has 2 aromatic rings. The van der Waals surface area contributed by atoms with Crippen LogP contribution in [0.5, 0.6) is 0 Å². The first-order valence-electron chi connectivity index (χ1n) is 9.64. The number of aryl methyl sites for hydroxylation is 1. The first-order chi connectivity index (χ1) is 13.6. The SMILES string of the molecule is Cc1ccc(C(=O)CC2NC(N3CCN(c4ccccc4)CC3)=NC2=O)cc1. The van der Waals surface area contributed by atoms with Crippen molar-refractivity contribution < 1.29 is 9.59 Å². The Morgan fingerprint density at radius 2 is 1.64 bits per heavy atom. The molecule has 0 aromatic heterocycles. The zero-order valence-corrected chi connectivity index (χ0v) is 16.0. The van der Waals surface area contributed by atoms with Crippen LogP contribution in [-0.4, -0.2) is 54.8 Å². The van der Waals surface area contributed by atoms with Crippen LogP contribution in [0.4, 0.5) is 5.69 Å². The summed E-state index contributed by atoms with van der Waals surface area (Å²) in [5.74, 6) is 0.288. The van der Waals surface area contributed by atoms with Gasteiger partial charge < -0.3 is 15.1 Å². The molecule has 0 spiro atoms. The van der Waals surface area contributed by atoms with Gasteiger partial charge in [-0.2, -0.15) is 4.99 Å². The number of carbonyl (C=O) groups is 2. The van der Waals surface area contributed by atoms with Gasteiger partial charge in [-0.1, -0.05) is 48.0 Å². The molecule has 1 fully saturated rings. The summed E-state index contributed by atoms with van der Waals surface area (Å²) in [7, 11) is 0. The molecule has 1 amide bonds. The number of carbonyl (C=O) groups excluding carboxylic acids is 2. The molecule has 0 bridgehead atoms. The maximum absolute atomic E-state index is 12.5. The van der Waals surface area contributed by atoms with Crippen molar-refractivity contribution in [3.05, 3.63) is 65.7 Å². The minimum Gasteiger partial charge on any atom is -0.368 e. The number of amides is 1. The summed E-state index contributed by atoms with van der Waals surface area (Å²) < 4.78 is 0. The number of rotatable bonds is 4. The van der Waals surface area contributed by atoms with Crippen molar-refractivity contribution in [1.29, 1.82) is 0 Å². The number of piperazine rings is 1. The third-order valence-corrected chi connectivity index (χ3v) is 5.28. The van der Waals surface area contributed by atoms with Crippen LogP contribution in [0, 0.1) is 6.92 Å². The predicted octanol–water partition coefficient (Wildman–Crippen LogP) is 2.24. The van der Waals surface area contributed by atoms with Gasteiger partial charge >= 0.3 is 0 Å². The van der Waals surface area contributed by atoms with Crippen molar-refractivity contribution in [1.82, 2.24) is 10.2 Å². The van der Waals surface area contributed by atoms with E-state index < -0.39 is 6.04 Å². The van der Waals surface area contributed by atoms with E-state index in [0.717, 1.165) is 31.7 Å². The van der Waals surface area contributed by atoms with Gasteiger partial charge in [-0.05, 0) is 19.1 Å². The average Bonchev–Trinajstić information content (AvgIpc) is 3.09. The maximum atomic E-state index is 12.5. The molecule has 1 unspecified atom stereocenters. The van der Waals surface area contributed by atoms with E-state index in [9.17, 15) is 9.59 Å². The molecule has 144 valence electrons. The van der Waals surface area contributed by atoms with E-state index in [-0.39, 0.29) is 18.1 Å². The topological polar surface area (TPSA) is 65.0 Å². The van der Waals surface area contributed by atoms with Gasteiger partial charge in [0.15, 0.2) is 5.78 Å². The van der Waals surface area contributed by atoms with Crippen LogP contribution in [0.1, 0.15) is 22.3 Å². The van der Waals surface area contributed by atoms with Gasteiger partial charge in [-0.25, -0.2) is 0 Å². The number of guanidine groups is 1. The molecule has 0 saturated carbocycles. The van der Waals surface area contributed by atoms with E-state index in [0.29, 0.717) is 11.5 Å². The van der Waals surface area contributed by atoms with Gasteiger partial charge in [0.25, 0.3) is 5.91 Å². The molecular weight excluding hydrogens is 352 g/mol. The van der Waals surface area contributed by atoms with E-state index in [2.05, 4.69) is 32.2 Å². The number of benzene rings is 2. The molecule has 0 radical (unpaired) electrons. The second-order valence-electron chi connectivity index (χ2n) is 7.27. The summed E-state index contributed by atoms with van der Waals surface area (Å²) in [6.45, 7) is 5.28. The van der Waals surface area contributed by atoms with Gasteiger partial charge in [0, 0.05) is 43.9 Å². The maximum Gasteiger partial charge on any atom is 0.271 e. The van der Waals surface area contributed by atoms with E-state index >= 15 is 0 Å². The van der Waals surface area contributed by atoms with Crippen molar-refractivity contribution in [2.24, 2.45) is 4.99 Å². The van der Waals surface area contributed by atoms with Crippen molar-refractivity contribution >= 4 is 23.3 Å². The first kappa shape index (κ1) is 18.2. The lowest BCUT2D eigenvalue weighted by Crippen LogP contribution is -2.52. The van der Waals surface area contributed by atoms with E-state index in [1.165, 1.54) is 5.69 Å². The fourth-order valence-corrected chi connectivity index (χ4v) is 3.59. The number of hydrogen-bond donors (Lipinski definition) is 1. The minimum atomic E-state index is -0.573. The number of nitrogens with one attached hydrogen (secondary N) is 1. The average molecular weight is 376 g/mol. The lowest BCUT2D eigenvalue weighted by molar-refractivity contribution is -0.118. The monoisotopic (exact) mass is 376 g/mol. The highest BCUT2D eigenvalue weighted by molar-refractivity contribution is 6.07. The Morgan fingerprint density at radius 3 is 2.32 bits per heavy atom. The van der Waals surface area contributed by atoms with Crippen LogP contribution >= 0.6 is 0 Å². The highest BCUT2D eigenvalue weighted by atomic mass is 16.2. The number of para-hydroxylation sites is 1. The normalized spacial score (nSPS) is 19.4. The minimum absolute atomic E-state index is 0.0452. The smallest absolute Gasteiger partial charge is 0.271 e. The molecule has 1 atom stereocenters. The summed E-state index contributed by atoms with van der Waals surface area (Å²) in [4.78, 5) is 33.4. The number of anilines is 1. The van der Waals surface area contributed by atoms with Crippen LogP contribution in [0.2, 0.25) is 0 Å². The third kappa shape index (κ3) is 3.91. The van der Waals surface area contributed by atoms with Crippen LogP contribution in [0.15, 0.2) is 59.6 Å². The summed E-state index contributed by atoms with van der Waals surface area (Å²) in [5, 5.41) is 3.16. The summed E-state index contributed by atoms with van der Waals surface area (Å²) in [6.07, 6.45) is 0.124. The largest absolute Gasteiger partial charge is 0.368 e. The number of aliphatic imine (C=N–C) groups is 1. The fourth-order valence-electron chi connectivity index (χ4n) is 3.59. The Labute approximate surface area is 164 Å². The number of nitrogens with zero attached hydrogens (tertiary/aromatic N) is 3. The molecule has 2 aromatic carbocycles. The van der Waals surface area contributed by atoms with Gasteiger partial charge in [0.1, 0.15) is 6.04 Å². The molecule has 2 aliphatic heterocycles. The molecular formula is C22H24N4O2. The van der Waals surface area contributed by atoms with Gasteiger partial charge in [-0.3, -0.25) is 9.59 Å². The molecule has 0 aliphatic carbocycles. The molecule has 1 N–H and O–H groups in total. The van der Waals surface area contributed by atoms with Crippen LogP contribution < -0.4 is 10.2 Å². The fraction of sp³-hybridized carbons (Fsp3) is 0.318. The summed E-state index contributed by atoms with van der Waals surface area (Å²) in [5.41, 5.74) is 2.94. The van der Waals surface area contributed by atoms with E-state index in [1.807, 2.05) is 49.4 Å². The number of hydrogen-bond acceptors (Lipinski definition) is 5. The standard InChI is InChI=1S/C22H24N4O2/c1-16-7-9-17(10-8-16)20(27)15-19-21(28)24-22(23-19)26-13-11-25(12-14-26)18-5-3-2-4-6-18/h2-10,19H,11-15H2,1H3,(H,23,24,28). The van der Waals surface area contributed by atoms with Crippen molar-refractivity contribution in [2.45, 2.75) is 19.4 Å². The van der Waals surface area contributed by atoms with Crippen molar-refractivity contribution in [2.75, 3.05) is 31.1 Å². The zero-order valence-electron chi connectivity index (χ0n) is 16.0. The molecule has 1 saturated heterocycles. The van der Waals surface area contributed by atoms with Crippen molar-refractivity contribution in [3.63, 3.8) is 0 Å². The van der Waals surface area contributed by atoms with Crippen molar-refractivity contribution in [3.8, 4) is 0 Å². The molecule has 6 nitrogen and oxygen atoms in total. The highest BCUT2D eigenvalue weighted by Crippen LogP contribution is 2.17. The van der Waals surface area contributed by atoms with E-state index in [4.69, 9.17) is 0 Å². The second-order valence-corrected chi connectivity index (χ2v) is 7.27. The van der Waals surface area contributed by atoms with Gasteiger partial charge in [-0.15, -0.1) is 0 Å². The molecule has 2 aliphatic rings. The Morgan fingerprint density at radius 1 is 1.00 bits per heavy atom. The number of Topliss-reactive ketones (excluding diaryl/α,β-unsaturated/α-hetero) is 1. The van der Waals surface area contributed by atoms with Crippen LogP contribution in [0.3, 0.4) is 0 Å². The Kier molecular flexibility index (Phi) is 5.10. The Balaban J connectivity index is 1.33.